The van der Waals surface area contributed by atoms with Crippen LogP contribution < -0.4 is 10.2 Å². The summed E-state index contributed by atoms with van der Waals surface area (Å²) in [5.74, 6) is -3.39. The monoisotopic (exact) mass is 626 g/mol. The number of carbonyl (C=O) groups excluding carboxylic acids is 3. The second-order valence-electron chi connectivity index (χ2n) is 11.1. The Labute approximate surface area is 258 Å². The van der Waals surface area contributed by atoms with Crippen molar-refractivity contribution < 1.29 is 58.0 Å². The van der Waals surface area contributed by atoms with Crippen molar-refractivity contribution in [2.24, 2.45) is 0 Å². The molecule has 0 radical (unpaired) electrons. The number of nitrogens with one attached hydrogen (secondary N) is 1. The highest BCUT2D eigenvalue weighted by Crippen LogP contribution is 2.28. The Bertz CT molecular complexity index is 1090. The average Bonchev–Trinajstić information content (AvgIpc) is 3.00. The molecule has 0 unspecified atom stereocenters. The number of carboxylic acid groups (broad SMARTS) is 1. The van der Waals surface area contributed by atoms with Crippen LogP contribution in [0.2, 0.25) is 0 Å². The van der Waals surface area contributed by atoms with E-state index < -0.39 is 40.9 Å². The fraction of sp³-hybridized carbons (Fsp3) is 0.600. The molecule has 1 aromatic carbocycles. The van der Waals surface area contributed by atoms with E-state index in [1.807, 2.05) is 41.5 Å². The normalized spacial score (nSPS) is 11.8. The van der Waals surface area contributed by atoms with Crippen LogP contribution in [0.25, 0.3) is 6.08 Å². The largest absolute Gasteiger partial charge is 0.492 e. The quantitative estimate of drug-likeness (QED) is 0.0443. The van der Waals surface area contributed by atoms with Gasteiger partial charge in [0.25, 0.3) is 0 Å². The maximum atomic E-state index is 12.7. The third-order valence-electron chi connectivity index (χ3n) is 6.47. The Hall–Kier alpha value is -3.72. The van der Waals surface area contributed by atoms with Crippen molar-refractivity contribution in [2.75, 3.05) is 27.4 Å². The summed E-state index contributed by atoms with van der Waals surface area (Å²) >= 11 is 0. The molecule has 0 heterocycles. The number of nitrogens with zero attached hydrogens (tertiary/aromatic N) is 1. The second kappa shape index (κ2) is 17.5. The maximum Gasteiger partial charge on any atom is 0.426 e. The van der Waals surface area contributed by atoms with Gasteiger partial charge in [-0.25, -0.2) is 29.2 Å². The summed E-state index contributed by atoms with van der Waals surface area (Å²) in [6.07, 6.45) is 1.01. The first-order chi connectivity index (χ1) is 20.5. The molecule has 0 fully saturated rings. The fourth-order valence-corrected chi connectivity index (χ4v) is 2.87. The molecule has 0 saturated heterocycles. The van der Waals surface area contributed by atoms with Gasteiger partial charge in [-0.2, -0.15) is 9.78 Å². The number of benzene rings is 1. The molecule has 2 amide bonds. The van der Waals surface area contributed by atoms with E-state index in [9.17, 15) is 24.3 Å². The molecule has 44 heavy (non-hydrogen) atoms. The number of hydrazine groups is 1. The van der Waals surface area contributed by atoms with Crippen LogP contribution >= 0.6 is 0 Å². The zero-order chi connectivity index (χ0) is 33.6. The molecule has 1 rings (SSSR count). The minimum absolute atomic E-state index is 0.0170. The van der Waals surface area contributed by atoms with E-state index in [-0.39, 0.29) is 31.6 Å². The lowest BCUT2D eigenvalue weighted by atomic mass is 10.1. The zero-order valence-corrected chi connectivity index (χ0v) is 27.0. The Balaban J connectivity index is 2.78. The van der Waals surface area contributed by atoms with Crippen LogP contribution in [0.3, 0.4) is 0 Å². The van der Waals surface area contributed by atoms with Gasteiger partial charge in [-0.05, 0) is 71.2 Å². The van der Waals surface area contributed by atoms with Gasteiger partial charge in [0.2, 0.25) is 11.7 Å². The Morgan fingerprint density at radius 2 is 1.34 bits per heavy atom. The molecular weight excluding hydrogens is 580 g/mol. The van der Waals surface area contributed by atoms with Crippen molar-refractivity contribution in [3.05, 3.63) is 35.4 Å². The second-order valence-corrected chi connectivity index (χ2v) is 11.1. The summed E-state index contributed by atoms with van der Waals surface area (Å²) in [6.45, 7) is 12.5. The number of carbonyl (C=O) groups is 4. The standard InChI is InChI=1S/C30H46N2O12/c1-10-28(3,4)41-43-30(7,44-42-29(5,6)11-2)17-16-24(33)31-32(27(36)37)18-19-40-22-14-12-21(13-15-22)20-23(25(34)38-8)26(35)39-9/h12-15,20H,10-11,16-19H2,1-9H3,(H,31,33)(H,36,37). The highest BCUT2D eigenvalue weighted by atomic mass is 17.3. The van der Waals surface area contributed by atoms with Crippen molar-refractivity contribution in [1.29, 1.82) is 0 Å². The number of methoxy groups -OCH3 is 2. The Morgan fingerprint density at radius 1 is 0.841 bits per heavy atom. The van der Waals surface area contributed by atoms with Gasteiger partial charge in [-0.3, -0.25) is 10.2 Å². The molecule has 2 N–H and O–H groups in total. The van der Waals surface area contributed by atoms with E-state index >= 15 is 0 Å². The Kier molecular flexibility index (Phi) is 15.3. The number of hydrogen-bond donors (Lipinski definition) is 2. The first-order valence-corrected chi connectivity index (χ1v) is 14.1. The van der Waals surface area contributed by atoms with Crippen molar-refractivity contribution in [1.82, 2.24) is 10.4 Å². The highest BCUT2D eigenvalue weighted by molar-refractivity contribution is 6.17. The number of esters is 2. The van der Waals surface area contributed by atoms with Crippen molar-refractivity contribution >= 4 is 30.0 Å². The van der Waals surface area contributed by atoms with Crippen LogP contribution in [-0.2, 0) is 43.4 Å². The average molecular weight is 627 g/mol. The number of hydrogen-bond acceptors (Lipinski definition) is 11. The predicted octanol–water partition coefficient (Wildman–Crippen LogP) is 4.58. The van der Waals surface area contributed by atoms with Crippen LogP contribution in [0.4, 0.5) is 4.79 Å². The summed E-state index contributed by atoms with van der Waals surface area (Å²) in [4.78, 5) is 70.4. The van der Waals surface area contributed by atoms with E-state index in [4.69, 9.17) is 24.3 Å². The fourth-order valence-electron chi connectivity index (χ4n) is 2.87. The summed E-state index contributed by atoms with van der Waals surface area (Å²) in [6, 6.07) is 6.28. The highest BCUT2D eigenvalue weighted by Gasteiger charge is 2.35. The SMILES string of the molecule is CCC(C)(C)OOC(C)(CCC(=O)NN(CCOc1ccc(C=C(C(=O)OC)C(=O)OC)cc1)C(=O)O)OOC(C)(C)CC. The minimum atomic E-state index is -1.47. The molecule has 0 aliphatic rings. The molecule has 0 aliphatic heterocycles. The van der Waals surface area contributed by atoms with Crippen molar-refractivity contribution in [2.45, 2.75) is 91.1 Å². The van der Waals surface area contributed by atoms with Gasteiger partial charge in [0.1, 0.15) is 17.9 Å². The van der Waals surface area contributed by atoms with E-state index in [0.29, 0.717) is 29.2 Å². The molecule has 0 bridgehead atoms. The van der Waals surface area contributed by atoms with Crippen LogP contribution in [0.5, 0.6) is 5.75 Å². The van der Waals surface area contributed by atoms with Gasteiger partial charge in [0.15, 0.2) is 0 Å². The third kappa shape index (κ3) is 13.7. The number of amides is 2. The zero-order valence-electron chi connectivity index (χ0n) is 27.0. The molecule has 1 aromatic rings. The maximum absolute atomic E-state index is 12.7. The van der Waals surface area contributed by atoms with Gasteiger partial charge < -0.3 is 19.3 Å². The molecular formula is C30H46N2O12. The molecule has 248 valence electrons. The summed E-state index contributed by atoms with van der Waals surface area (Å²) < 4.78 is 14.8. The summed E-state index contributed by atoms with van der Waals surface area (Å²) in [5.41, 5.74) is 1.29. The van der Waals surface area contributed by atoms with Gasteiger partial charge in [-0.1, -0.05) is 26.0 Å². The number of rotatable bonds is 18. The summed E-state index contributed by atoms with van der Waals surface area (Å²) in [5, 5.41) is 10.3. The lowest BCUT2D eigenvalue weighted by molar-refractivity contribution is -0.539. The molecule has 0 spiro atoms. The van der Waals surface area contributed by atoms with E-state index in [0.717, 1.165) is 14.2 Å². The van der Waals surface area contributed by atoms with Gasteiger partial charge >= 0.3 is 18.0 Å². The van der Waals surface area contributed by atoms with E-state index in [1.165, 1.54) is 6.08 Å². The molecule has 0 aromatic heterocycles. The van der Waals surface area contributed by atoms with Crippen LogP contribution in [0, 0.1) is 0 Å². The molecule has 14 nitrogen and oxygen atoms in total. The molecule has 0 aliphatic carbocycles. The Morgan fingerprint density at radius 3 is 1.77 bits per heavy atom. The van der Waals surface area contributed by atoms with Crippen molar-refractivity contribution in [3.63, 3.8) is 0 Å². The molecule has 0 saturated carbocycles. The minimum Gasteiger partial charge on any atom is -0.492 e. The first kappa shape index (κ1) is 38.3. The van der Waals surface area contributed by atoms with Crippen LogP contribution in [0.15, 0.2) is 29.8 Å². The van der Waals surface area contributed by atoms with Crippen molar-refractivity contribution in [3.8, 4) is 5.75 Å². The third-order valence-corrected chi connectivity index (χ3v) is 6.47. The molecule has 0 atom stereocenters. The van der Waals surface area contributed by atoms with Gasteiger partial charge in [0.05, 0.1) is 32.0 Å². The predicted molar refractivity (Wildman–Crippen MR) is 158 cm³/mol. The van der Waals surface area contributed by atoms with Gasteiger partial charge in [0, 0.05) is 12.8 Å². The first-order valence-electron chi connectivity index (χ1n) is 14.1. The molecule has 14 heteroatoms. The number of ether oxygens (including phenoxy) is 3. The van der Waals surface area contributed by atoms with Gasteiger partial charge in [-0.15, -0.1) is 0 Å². The lowest BCUT2D eigenvalue weighted by Gasteiger charge is -2.34. The lowest BCUT2D eigenvalue weighted by Crippen LogP contribution is -2.48. The topological polar surface area (TPSA) is 168 Å². The van der Waals surface area contributed by atoms with E-state index in [1.54, 1.807) is 31.2 Å². The smallest absolute Gasteiger partial charge is 0.426 e. The van der Waals surface area contributed by atoms with Crippen LogP contribution in [0.1, 0.15) is 79.7 Å². The van der Waals surface area contributed by atoms with Crippen LogP contribution in [-0.4, -0.2) is 78.4 Å². The van der Waals surface area contributed by atoms with E-state index in [2.05, 4.69) is 14.9 Å². The summed E-state index contributed by atoms with van der Waals surface area (Å²) in [7, 11) is 2.29.